The van der Waals surface area contributed by atoms with Crippen molar-refractivity contribution < 1.29 is 26.2 Å². The van der Waals surface area contributed by atoms with Crippen LogP contribution in [-0.2, 0) is 42.7 Å². The van der Waals surface area contributed by atoms with Crippen molar-refractivity contribution in [3.8, 4) is 61.5 Å². The molecule has 0 bridgehead atoms. The third kappa shape index (κ3) is 11.3. The minimum Gasteiger partial charge on any atom is -0.509 e. The first-order valence-corrected chi connectivity index (χ1v) is 25.2. The van der Waals surface area contributed by atoms with Crippen molar-refractivity contribution in [3.05, 3.63) is 216 Å². The summed E-state index contributed by atoms with van der Waals surface area (Å²) in [5.74, 6) is 0.293. The summed E-state index contributed by atoms with van der Waals surface area (Å²) in [6.45, 7) is 31.3. The Balaban J connectivity index is 0.00000760. The van der Waals surface area contributed by atoms with Crippen LogP contribution in [0.2, 0.25) is 0 Å². The van der Waals surface area contributed by atoms with Crippen molar-refractivity contribution in [2.45, 2.75) is 119 Å². The first-order valence-electron chi connectivity index (χ1n) is 25.2. The summed E-state index contributed by atoms with van der Waals surface area (Å²) in [5.41, 5.74) is 19.1. The number of allylic oxidation sites excluding steroid dienone is 1. The van der Waals surface area contributed by atoms with Crippen LogP contribution < -0.4 is 4.90 Å². The van der Waals surface area contributed by atoms with E-state index in [9.17, 15) is 5.11 Å². The molecule has 0 saturated heterocycles. The zero-order valence-corrected chi connectivity index (χ0v) is 47.2. The molecule has 0 saturated carbocycles. The Morgan fingerprint density at radius 3 is 1.58 bits per heavy atom. The van der Waals surface area contributed by atoms with Gasteiger partial charge in [-0.05, 0) is 91.3 Å². The molecule has 1 heterocycles. The average Bonchev–Trinajstić information content (AvgIpc) is 3.33. The van der Waals surface area contributed by atoms with E-state index in [0.29, 0.717) is 5.75 Å². The maximum Gasteiger partial charge on any atom is 2.00 e. The molecule has 0 aliphatic carbocycles. The smallest absolute Gasteiger partial charge is 0.509 e. The number of phenols is 1. The first-order chi connectivity index (χ1) is 33.5. The molecule has 3 nitrogen and oxygen atoms in total. The quantitative estimate of drug-likeness (QED) is 0.139. The maximum absolute atomic E-state index is 12.7. The van der Waals surface area contributed by atoms with Gasteiger partial charge >= 0.3 is 21.1 Å². The number of hydrogen-bond donors (Lipinski definition) is 1. The molecule has 0 spiro atoms. The second-order valence-electron chi connectivity index (χ2n) is 23.2. The Hall–Kier alpha value is -6.41. The summed E-state index contributed by atoms with van der Waals surface area (Å²) in [7, 11) is 0. The Kier molecular flexibility index (Phi) is 15.6. The summed E-state index contributed by atoms with van der Waals surface area (Å²) >= 11 is 0. The van der Waals surface area contributed by atoms with Gasteiger partial charge in [0.25, 0.3) is 0 Å². The van der Waals surface area contributed by atoms with Crippen LogP contribution in [0, 0.1) is 19.4 Å². The molecule has 72 heavy (non-hydrogen) atoms. The van der Waals surface area contributed by atoms with Crippen LogP contribution in [0.15, 0.2) is 170 Å². The molecule has 8 rings (SSSR count). The van der Waals surface area contributed by atoms with E-state index in [1.165, 1.54) is 11.1 Å². The summed E-state index contributed by atoms with van der Waals surface area (Å²) in [5, 5.41) is 12.7. The van der Waals surface area contributed by atoms with E-state index in [-0.39, 0.29) is 42.7 Å². The fraction of sp³-hybridized carbons (Fsp3) is 0.265. The SMILES string of the molecule is C[CH-]/C=C(\c1cc(C(C)(C)C)cc(C(C)(C)C)c1O)N(c1ccc(C(C)(C)C)cc1-c1ccccc1)c1cccc(-c2[c-]c(-c3cc(-c4ccccc4)c(-c4ccccc4)cn3)cc(C(C)(C)C)c2)c1C.[Pt+2]. The molecule has 4 heteroatoms. The monoisotopic (exact) mass is 1130 g/mol. The Labute approximate surface area is 446 Å². The van der Waals surface area contributed by atoms with Crippen LogP contribution in [0.3, 0.4) is 0 Å². The van der Waals surface area contributed by atoms with Gasteiger partial charge in [0, 0.05) is 34.4 Å². The molecule has 0 aliphatic rings. The third-order valence-corrected chi connectivity index (χ3v) is 13.7. The number of nitrogens with zero attached hydrogens (tertiary/aromatic N) is 2. The molecular formula is C68H72N2OPt. The van der Waals surface area contributed by atoms with Crippen LogP contribution in [0.25, 0.3) is 61.5 Å². The van der Waals surface area contributed by atoms with E-state index in [4.69, 9.17) is 4.98 Å². The normalized spacial score (nSPS) is 12.3. The molecule has 1 N–H and O–H groups in total. The van der Waals surface area contributed by atoms with E-state index in [0.717, 1.165) is 95.1 Å². The molecule has 7 aromatic carbocycles. The van der Waals surface area contributed by atoms with E-state index in [2.05, 4.69) is 278 Å². The maximum atomic E-state index is 12.7. The average molecular weight is 1130 g/mol. The molecule has 1 aromatic heterocycles. The fourth-order valence-electron chi connectivity index (χ4n) is 9.46. The molecule has 0 fully saturated rings. The number of rotatable bonds is 10. The van der Waals surface area contributed by atoms with Crippen molar-refractivity contribution >= 4 is 17.1 Å². The molecule has 0 aliphatic heterocycles. The first kappa shape index (κ1) is 53.4. The molecule has 0 radical (unpaired) electrons. The number of aromatic nitrogens is 1. The molecular weight excluding hydrogens is 1060 g/mol. The Bertz CT molecular complexity index is 3210. The summed E-state index contributed by atoms with van der Waals surface area (Å²) < 4.78 is 0. The number of anilines is 2. The topological polar surface area (TPSA) is 36.4 Å². The number of benzene rings is 7. The summed E-state index contributed by atoms with van der Waals surface area (Å²) in [6, 6.07) is 60.6. The van der Waals surface area contributed by atoms with Crippen LogP contribution in [0.1, 0.15) is 123 Å². The van der Waals surface area contributed by atoms with Crippen LogP contribution in [-0.4, -0.2) is 10.1 Å². The largest absolute Gasteiger partial charge is 2.00 e. The van der Waals surface area contributed by atoms with Gasteiger partial charge in [0.05, 0.1) is 0 Å². The van der Waals surface area contributed by atoms with Gasteiger partial charge in [-0.1, -0.05) is 233 Å². The van der Waals surface area contributed by atoms with Gasteiger partial charge < -0.3 is 10.0 Å². The van der Waals surface area contributed by atoms with Gasteiger partial charge in [0.1, 0.15) is 5.75 Å². The van der Waals surface area contributed by atoms with Crippen LogP contribution in [0.5, 0.6) is 5.75 Å². The number of phenolic OH excluding ortho intramolecular Hbond substituents is 1. The van der Waals surface area contributed by atoms with Gasteiger partial charge in [-0.15, -0.1) is 36.2 Å². The van der Waals surface area contributed by atoms with Gasteiger partial charge in [-0.2, -0.15) is 0 Å². The Morgan fingerprint density at radius 2 is 1.04 bits per heavy atom. The molecule has 8 aromatic rings. The molecule has 0 atom stereocenters. The van der Waals surface area contributed by atoms with Crippen molar-refractivity contribution in [3.63, 3.8) is 0 Å². The molecule has 0 amide bonds. The second kappa shape index (κ2) is 21.0. The summed E-state index contributed by atoms with van der Waals surface area (Å²) in [6.07, 6.45) is 6.29. The standard InChI is InChI=1S/C68H72N2O.Pt/c1-15-26-62(57-41-53(67(9,10)11)42-59(64(57)71)68(12,13)14)70(63-36-35-51(65(3,4)5)40-56(63)47-29-21-17-22-30-47)61-34-25-33-54(45(61)2)49-37-50(39-52(38-49)66(6,7)8)60-43-55(46-27-19-16-20-28-46)58(44-69-60)48-31-23-18-24-32-48;/h15-36,38-44,71H,1-14H3;/q-2;+2/b62-26+;. The van der Waals surface area contributed by atoms with Crippen molar-refractivity contribution in [2.75, 3.05) is 4.90 Å². The number of aromatic hydroxyl groups is 1. The minimum absolute atomic E-state index is 0. The van der Waals surface area contributed by atoms with Crippen molar-refractivity contribution in [1.29, 1.82) is 0 Å². The van der Waals surface area contributed by atoms with Crippen molar-refractivity contribution in [2.24, 2.45) is 0 Å². The number of hydrogen-bond acceptors (Lipinski definition) is 3. The van der Waals surface area contributed by atoms with Gasteiger partial charge in [0.15, 0.2) is 0 Å². The predicted octanol–water partition coefficient (Wildman–Crippen LogP) is 18.8. The van der Waals surface area contributed by atoms with E-state index < -0.39 is 0 Å². The predicted molar refractivity (Wildman–Crippen MR) is 304 cm³/mol. The van der Waals surface area contributed by atoms with Gasteiger partial charge in [-0.25, -0.2) is 12.5 Å². The van der Waals surface area contributed by atoms with E-state index in [1.807, 2.05) is 6.20 Å². The van der Waals surface area contributed by atoms with Gasteiger partial charge in [-0.3, -0.25) is 4.98 Å². The second-order valence-corrected chi connectivity index (χ2v) is 23.2. The molecule has 370 valence electrons. The zero-order valence-electron chi connectivity index (χ0n) is 44.9. The number of pyridine rings is 1. The fourth-order valence-corrected chi connectivity index (χ4v) is 9.46. The van der Waals surface area contributed by atoms with E-state index >= 15 is 0 Å². The Morgan fingerprint density at radius 1 is 0.514 bits per heavy atom. The molecule has 0 unspecified atom stereocenters. The third-order valence-electron chi connectivity index (χ3n) is 13.7. The van der Waals surface area contributed by atoms with Gasteiger partial charge in [0.2, 0.25) is 0 Å². The van der Waals surface area contributed by atoms with E-state index in [1.54, 1.807) is 0 Å². The van der Waals surface area contributed by atoms with Crippen LogP contribution in [0.4, 0.5) is 11.4 Å². The zero-order chi connectivity index (χ0) is 51.0. The minimum atomic E-state index is -0.324. The summed E-state index contributed by atoms with van der Waals surface area (Å²) in [4.78, 5) is 7.59. The van der Waals surface area contributed by atoms with Crippen LogP contribution >= 0.6 is 0 Å². The van der Waals surface area contributed by atoms with Crippen molar-refractivity contribution in [1.82, 2.24) is 4.98 Å².